The summed E-state index contributed by atoms with van der Waals surface area (Å²) in [5, 5.41) is 4.98. The average Bonchev–Trinajstić information content (AvgIpc) is 3.26. The summed E-state index contributed by atoms with van der Waals surface area (Å²) in [5.41, 5.74) is 5.93. The lowest BCUT2D eigenvalue weighted by Crippen LogP contribution is -2.50. The summed E-state index contributed by atoms with van der Waals surface area (Å²) < 4.78 is 39.0. The summed E-state index contributed by atoms with van der Waals surface area (Å²) in [4.78, 5) is 29.6. The van der Waals surface area contributed by atoms with Crippen LogP contribution < -0.4 is 20.5 Å². The molecule has 1 aromatic heterocycles. The number of carbonyl (C=O) groups is 2. The lowest BCUT2D eigenvalue weighted by atomic mass is 10.2. The summed E-state index contributed by atoms with van der Waals surface area (Å²) in [7, 11) is -4.04. The Morgan fingerprint density at radius 3 is 2.35 bits per heavy atom. The number of nitrogen functional groups attached to an aromatic ring is 1. The molecular formula is C25H30N4O6S2. The van der Waals surface area contributed by atoms with E-state index in [1.54, 1.807) is 63.2 Å². The van der Waals surface area contributed by atoms with Crippen LogP contribution in [0, 0.1) is 0 Å². The Bertz CT molecular complexity index is 1300. The number of benzene rings is 2. The zero-order chi connectivity index (χ0) is 27.1. The van der Waals surface area contributed by atoms with Crippen LogP contribution in [0.2, 0.25) is 0 Å². The lowest BCUT2D eigenvalue weighted by Gasteiger charge is -2.24. The van der Waals surface area contributed by atoms with Crippen molar-refractivity contribution < 1.29 is 27.5 Å². The number of carbonyl (C=O) groups excluding carboxylic acids is 2. The predicted molar refractivity (Wildman–Crippen MR) is 141 cm³/mol. The smallest absolute Gasteiger partial charge is 0.326 e. The van der Waals surface area contributed by atoms with Gasteiger partial charge < -0.3 is 20.5 Å². The van der Waals surface area contributed by atoms with Crippen LogP contribution >= 0.6 is 11.3 Å². The van der Waals surface area contributed by atoms with Crippen molar-refractivity contribution in [2.24, 2.45) is 0 Å². The normalized spacial score (nSPS) is 12.5. The maximum Gasteiger partial charge on any atom is 0.326 e. The standard InChI is InChI=1S/C25H30N4O6S2/c1-25(2,3)35-23(31)21(29-37(32,33)20-7-5-4-6-8-20)15-27-22(30)17-9-11-19(12-10-17)34-14-13-18-16-36-24(26)28-18/h4-12,16,21,29H,13-15H2,1-3H3,(H2,26,28)(H,27,30). The minimum Gasteiger partial charge on any atom is -0.493 e. The van der Waals surface area contributed by atoms with E-state index in [2.05, 4.69) is 15.0 Å². The predicted octanol–water partition coefficient (Wildman–Crippen LogP) is 2.77. The second kappa shape index (κ2) is 12.2. The Kier molecular flexibility index (Phi) is 9.24. The number of aromatic nitrogens is 1. The fraction of sp³-hybridized carbons (Fsp3) is 0.320. The maximum absolute atomic E-state index is 12.8. The van der Waals surface area contributed by atoms with E-state index in [9.17, 15) is 18.0 Å². The van der Waals surface area contributed by atoms with E-state index in [1.807, 2.05) is 5.38 Å². The van der Waals surface area contributed by atoms with E-state index in [0.29, 0.717) is 29.5 Å². The number of sulfonamides is 1. The monoisotopic (exact) mass is 546 g/mol. The quantitative estimate of drug-likeness (QED) is 0.311. The number of thiazole rings is 1. The number of hydrogen-bond donors (Lipinski definition) is 3. The highest BCUT2D eigenvalue weighted by atomic mass is 32.2. The van der Waals surface area contributed by atoms with Crippen LogP contribution in [0.3, 0.4) is 0 Å². The lowest BCUT2D eigenvalue weighted by molar-refractivity contribution is -0.156. The first-order valence-corrected chi connectivity index (χ1v) is 13.8. The number of amides is 1. The number of nitrogens with zero attached hydrogens (tertiary/aromatic N) is 1. The molecule has 0 saturated heterocycles. The number of nitrogens with one attached hydrogen (secondary N) is 2. The third-order valence-corrected chi connectivity index (χ3v) is 7.03. The van der Waals surface area contributed by atoms with Crippen molar-refractivity contribution in [3.63, 3.8) is 0 Å². The Labute approximate surface area is 220 Å². The zero-order valence-corrected chi connectivity index (χ0v) is 22.4. The first-order chi connectivity index (χ1) is 17.4. The van der Waals surface area contributed by atoms with E-state index >= 15 is 0 Å². The molecule has 3 aromatic rings. The number of anilines is 1. The van der Waals surface area contributed by atoms with Gasteiger partial charge in [0.2, 0.25) is 10.0 Å². The summed E-state index contributed by atoms with van der Waals surface area (Å²) in [6.07, 6.45) is 0.598. The number of nitrogens with two attached hydrogens (primary N) is 1. The van der Waals surface area contributed by atoms with Crippen LogP contribution in [0.4, 0.5) is 5.13 Å². The highest BCUT2D eigenvalue weighted by Crippen LogP contribution is 2.16. The van der Waals surface area contributed by atoms with Gasteiger partial charge in [0.05, 0.1) is 17.2 Å². The molecule has 4 N–H and O–H groups in total. The largest absolute Gasteiger partial charge is 0.493 e. The molecule has 0 spiro atoms. The van der Waals surface area contributed by atoms with E-state index < -0.39 is 33.5 Å². The Morgan fingerprint density at radius 1 is 1.08 bits per heavy atom. The number of esters is 1. The van der Waals surface area contributed by atoms with Gasteiger partial charge in [-0.15, -0.1) is 11.3 Å². The molecule has 12 heteroatoms. The first kappa shape index (κ1) is 28.1. The van der Waals surface area contributed by atoms with E-state index in [-0.39, 0.29) is 11.4 Å². The average molecular weight is 547 g/mol. The van der Waals surface area contributed by atoms with Crippen molar-refractivity contribution in [1.29, 1.82) is 0 Å². The van der Waals surface area contributed by atoms with Crippen molar-refractivity contribution in [1.82, 2.24) is 15.0 Å². The van der Waals surface area contributed by atoms with Gasteiger partial charge >= 0.3 is 5.97 Å². The molecule has 3 rings (SSSR count). The van der Waals surface area contributed by atoms with Crippen LogP contribution in [0.15, 0.2) is 64.9 Å². The highest BCUT2D eigenvalue weighted by Gasteiger charge is 2.30. The summed E-state index contributed by atoms with van der Waals surface area (Å²) in [5.74, 6) is -0.725. The molecule has 10 nitrogen and oxygen atoms in total. The molecule has 0 radical (unpaired) electrons. The molecule has 0 aliphatic rings. The van der Waals surface area contributed by atoms with Gasteiger partial charge in [0.1, 0.15) is 17.4 Å². The Balaban J connectivity index is 1.61. The van der Waals surface area contributed by atoms with E-state index in [1.165, 1.54) is 23.5 Å². The molecule has 1 atom stereocenters. The molecule has 0 bridgehead atoms. The van der Waals surface area contributed by atoms with Gasteiger partial charge in [0, 0.05) is 23.9 Å². The zero-order valence-electron chi connectivity index (χ0n) is 20.8. The van der Waals surface area contributed by atoms with Crippen molar-refractivity contribution >= 4 is 38.4 Å². The molecule has 2 aromatic carbocycles. The fourth-order valence-electron chi connectivity index (χ4n) is 3.11. The van der Waals surface area contributed by atoms with Gasteiger partial charge in [0.25, 0.3) is 5.91 Å². The van der Waals surface area contributed by atoms with Crippen LogP contribution in [0.5, 0.6) is 5.75 Å². The van der Waals surface area contributed by atoms with Crippen LogP contribution in [0.1, 0.15) is 36.8 Å². The molecule has 1 heterocycles. The second-order valence-corrected chi connectivity index (χ2v) is 11.6. The van der Waals surface area contributed by atoms with Crippen molar-refractivity contribution in [2.45, 2.75) is 43.7 Å². The van der Waals surface area contributed by atoms with Crippen molar-refractivity contribution in [3.8, 4) is 5.75 Å². The highest BCUT2D eigenvalue weighted by molar-refractivity contribution is 7.89. The first-order valence-electron chi connectivity index (χ1n) is 11.4. The number of ether oxygens (including phenoxy) is 2. The second-order valence-electron chi connectivity index (χ2n) is 9.03. The molecule has 0 aliphatic carbocycles. The number of rotatable bonds is 11. The number of hydrogen-bond acceptors (Lipinski definition) is 9. The van der Waals surface area contributed by atoms with Crippen LogP contribution in [-0.2, 0) is 26.0 Å². The Morgan fingerprint density at radius 2 is 1.76 bits per heavy atom. The minimum atomic E-state index is -4.04. The summed E-state index contributed by atoms with van der Waals surface area (Å²) in [6, 6.07) is 12.7. The molecule has 198 valence electrons. The third-order valence-electron chi connectivity index (χ3n) is 4.82. The topological polar surface area (TPSA) is 150 Å². The molecule has 0 fully saturated rings. The van der Waals surface area contributed by atoms with Gasteiger partial charge in [-0.1, -0.05) is 18.2 Å². The van der Waals surface area contributed by atoms with E-state index in [4.69, 9.17) is 15.2 Å². The third kappa shape index (κ3) is 8.85. The van der Waals surface area contributed by atoms with Gasteiger partial charge in [-0.05, 0) is 57.2 Å². The molecule has 1 unspecified atom stereocenters. The minimum absolute atomic E-state index is 0.0104. The SMILES string of the molecule is CC(C)(C)OC(=O)C(CNC(=O)c1ccc(OCCc2csc(N)n2)cc1)NS(=O)(=O)c1ccccc1. The molecular weight excluding hydrogens is 516 g/mol. The fourth-order valence-corrected chi connectivity index (χ4v) is 4.91. The molecule has 37 heavy (non-hydrogen) atoms. The van der Waals surface area contributed by atoms with Gasteiger partial charge in [-0.2, -0.15) is 4.72 Å². The summed E-state index contributed by atoms with van der Waals surface area (Å²) in [6.45, 7) is 5.09. The molecule has 0 aliphatic heterocycles. The Hall–Kier alpha value is -3.48. The summed E-state index contributed by atoms with van der Waals surface area (Å²) >= 11 is 1.37. The molecule has 1 amide bonds. The maximum atomic E-state index is 12.8. The van der Waals surface area contributed by atoms with Crippen molar-refractivity contribution in [2.75, 3.05) is 18.9 Å². The van der Waals surface area contributed by atoms with Gasteiger partial charge in [0.15, 0.2) is 5.13 Å². The van der Waals surface area contributed by atoms with Crippen LogP contribution in [0.25, 0.3) is 0 Å². The van der Waals surface area contributed by atoms with E-state index in [0.717, 1.165) is 5.69 Å². The van der Waals surface area contributed by atoms with Gasteiger partial charge in [-0.3, -0.25) is 9.59 Å². The molecule has 0 saturated carbocycles. The van der Waals surface area contributed by atoms with Crippen molar-refractivity contribution in [3.05, 3.63) is 71.2 Å². The van der Waals surface area contributed by atoms with Gasteiger partial charge in [-0.25, -0.2) is 13.4 Å². The van der Waals surface area contributed by atoms with Crippen LogP contribution in [-0.4, -0.2) is 50.1 Å².